The zero-order chi connectivity index (χ0) is 24.5. The first-order valence-electron chi connectivity index (χ1n) is 11.2. The lowest BCUT2D eigenvalue weighted by atomic mass is 8.89. The van der Waals surface area contributed by atoms with Crippen molar-refractivity contribution in [1.29, 1.82) is 0 Å². The Bertz CT molecular complexity index is 438. The molecule has 0 nitrogen and oxygen atoms in total. The second kappa shape index (κ2) is 22.6. The third-order valence-corrected chi connectivity index (χ3v) is 18.1. The van der Waals surface area contributed by atoms with Crippen molar-refractivity contribution in [3.05, 3.63) is 0 Å². The van der Waals surface area contributed by atoms with Crippen LogP contribution in [0.5, 0.6) is 0 Å². The SMILES string of the molecule is CC(C)[B]B([B]B([B][B][B]B(SSSC(C)C)C(C)C)SSSC(C)C)SSSC(C)C. The number of hydrogen-bond donors (Lipinski definition) is 0. The molecule has 0 rings (SSSR count). The summed E-state index contributed by atoms with van der Waals surface area (Å²) in [6.07, 6.45) is 0. The average molecular weight is 591 g/mol. The van der Waals surface area contributed by atoms with Crippen LogP contribution in [-0.4, -0.2) is 68.6 Å². The molecule has 0 saturated heterocycles. The summed E-state index contributed by atoms with van der Waals surface area (Å²) in [6.45, 7) is 22.8. The summed E-state index contributed by atoms with van der Waals surface area (Å²) in [5.74, 6) is 2.61. The highest BCUT2D eigenvalue weighted by Crippen LogP contribution is 2.42. The fraction of sp³-hybridized carbons (Fsp3) is 1.00. The van der Waals surface area contributed by atoms with E-state index in [1.165, 1.54) is 0 Å². The molecule has 5 radical (unpaired) electrons. The molecule has 0 aromatic heterocycles. The third-order valence-electron chi connectivity index (χ3n) is 3.36. The standard InChI is InChI=1S/C15H35B8S9/c1-11(2)16-22(28-31-25-14(7)8)20-23(29-32-26-15(9)10)19-17-18-21(12(3)4)27-30-24-13(5)6/h11-15H,1-10H3. The molecule has 0 atom stereocenters. The smallest absolute Gasteiger partial charge is 0.156 e. The minimum Gasteiger partial charge on any atom is -0.156 e. The summed E-state index contributed by atoms with van der Waals surface area (Å²) >= 11 is 0. The van der Waals surface area contributed by atoms with Gasteiger partial charge < -0.3 is 0 Å². The summed E-state index contributed by atoms with van der Waals surface area (Å²) < 4.78 is 0. The lowest BCUT2D eigenvalue weighted by Crippen LogP contribution is -2.44. The van der Waals surface area contributed by atoms with Gasteiger partial charge in [0.2, 0.25) is 0 Å². The van der Waals surface area contributed by atoms with Crippen LogP contribution in [0.1, 0.15) is 69.2 Å². The normalized spacial score (nSPS) is 11.5. The van der Waals surface area contributed by atoms with Crippen molar-refractivity contribution in [2.75, 3.05) is 0 Å². The van der Waals surface area contributed by atoms with Crippen LogP contribution in [0.2, 0.25) is 11.6 Å². The maximum absolute atomic E-state index is 2.53. The second-order valence-electron chi connectivity index (χ2n) is 8.77. The molecule has 17 heteroatoms. The van der Waals surface area contributed by atoms with E-state index < -0.39 is 0 Å². The Morgan fingerprint density at radius 1 is 0.562 bits per heavy atom. The molecule has 0 fully saturated rings. The Balaban J connectivity index is 4.81. The predicted octanol–water partition coefficient (Wildman–Crippen LogP) is 8.35. The second-order valence-corrected chi connectivity index (χ2v) is 23.2. The fourth-order valence-corrected chi connectivity index (χ4v) is 16.5. The van der Waals surface area contributed by atoms with Crippen LogP contribution in [0.3, 0.4) is 0 Å². The van der Waals surface area contributed by atoms with Crippen molar-refractivity contribution in [2.45, 2.75) is 96.6 Å². The van der Waals surface area contributed by atoms with Gasteiger partial charge in [-0.2, -0.15) is 21.3 Å². The first kappa shape index (κ1) is 35.7. The predicted molar refractivity (Wildman–Crippen MR) is 190 cm³/mol. The number of rotatable bonds is 21. The molecule has 173 valence electrons. The van der Waals surface area contributed by atoms with Crippen molar-refractivity contribution < 1.29 is 0 Å². The average Bonchev–Trinajstić information content (AvgIpc) is 2.64. The zero-order valence-electron chi connectivity index (χ0n) is 21.2. The van der Waals surface area contributed by atoms with Crippen molar-refractivity contribution in [2.24, 2.45) is 0 Å². The van der Waals surface area contributed by atoms with E-state index in [9.17, 15) is 0 Å². The minimum absolute atomic E-state index is 0.398. The van der Waals surface area contributed by atoms with Crippen molar-refractivity contribution in [3.8, 4) is 0 Å². The van der Waals surface area contributed by atoms with E-state index in [1.807, 2.05) is 93.8 Å². The van der Waals surface area contributed by atoms with Gasteiger partial charge in [0.1, 0.15) is 11.5 Å². The van der Waals surface area contributed by atoms with Gasteiger partial charge in [-0.05, 0) is 29.5 Å². The number of hydrogen-bond acceptors (Lipinski definition) is 9. The van der Waals surface area contributed by atoms with Crippen LogP contribution in [-0.2, 0) is 0 Å². The zero-order valence-corrected chi connectivity index (χ0v) is 28.5. The molecular weight excluding hydrogens is 555 g/mol. The van der Waals surface area contributed by atoms with Gasteiger partial charge in [0, 0.05) is 36.9 Å². The molecule has 0 N–H and O–H groups in total. The first-order valence-corrected chi connectivity index (χ1v) is 22.0. The highest BCUT2D eigenvalue weighted by Gasteiger charge is 2.28. The van der Waals surface area contributed by atoms with Gasteiger partial charge in [0.15, 0.2) is 5.88 Å². The van der Waals surface area contributed by atoms with Gasteiger partial charge in [0.25, 0.3) is 0 Å². The monoisotopic (exact) mass is 591 g/mol. The Morgan fingerprint density at radius 3 is 1.47 bits per heavy atom. The molecular formula is C15H35B8S9. The van der Waals surface area contributed by atoms with Crippen LogP contribution in [0.15, 0.2) is 0 Å². The van der Waals surface area contributed by atoms with Crippen LogP contribution in [0.4, 0.5) is 0 Å². The fourth-order valence-electron chi connectivity index (χ4n) is 1.91. The van der Waals surface area contributed by atoms with Crippen LogP contribution in [0, 0.1) is 0 Å². The molecule has 32 heavy (non-hydrogen) atoms. The van der Waals surface area contributed by atoms with E-state index in [0.29, 0.717) is 44.8 Å². The van der Waals surface area contributed by atoms with Crippen molar-refractivity contribution in [3.63, 3.8) is 0 Å². The Labute approximate surface area is 240 Å². The van der Waals surface area contributed by atoms with E-state index in [1.54, 1.807) is 0 Å². The molecule has 0 heterocycles. The molecule has 0 bridgehead atoms. The highest BCUT2D eigenvalue weighted by molar-refractivity contribution is 9.17. The Hall–Kier alpha value is 3.67. The van der Waals surface area contributed by atoms with Gasteiger partial charge in [-0.25, -0.2) is 0 Å². The van der Waals surface area contributed by atoms with Crippen molar-refractivity contribution >= 4 is 147 Å². The Kier molecular flexibility index (Phi) is 25.2. The summed E-state index contributed by atoms with van der Waals surface area (Å²) in [6, 6.07) is 0. The van der Waals surface area contributed by atoms with Gasteiger partial charge in [-0.1, -0.05) is 113 Å². The van der Waals surface area contributed by atoms with Crippen LogP contribution in [0.25, 0.3) is 0 Å². The quantitative estimate of drug-likeness (QED) is 0.0947. The summed E-state index contributed by atoms with van der Waals surface area (Å²) in [5, 5.41) is 1.97. The van der Waals surface area contributed by atoms with E-state index in [4.69, 9.17) is 0 Å². The van der Waals surface area contributed by atoms with Crippen LogP contribution >= 0.6 is 93.8 Å². The minimum atomic E-state index is 0.398. The van der Waals surface area contributed by atoms with Gasteiger partial charge in [-0.15, -0.1) is 10.6 Å². The maximum Gasteiger partial charge on any atom is 0.176 e. The molecule has 0 unspecified atom stereocenters. The maximum atomic E-state index is 2.53. The molecule has 0 aliphatic carbocycles. The molecule has 0 saturated carbocycles. The lowest BCUT2D eigenvalue weighted by Gasteiger charge is -2.20. The van der Waals surface area contributed by atoms with Crippen molar-refractivity contribution in [1.82, 2.24) is 0 Å². The summed E-state index contributed by atoms with van der Waals surface area (Å²) in [5.41, 5.74) is 0. The highest BCUT2D eigenvalue weighted by atomic mass is 33.5. The summed E-state index contributed by atoms with van der Waals surface area (Å²) in [7, 11) is 29.8. The molecule has 0 amide bonds. The lowest BCUT2D eigenvalue weighted by molar-refractivity contribution is 1.07. The van der Waals surface area contributed by atoms with Gasteiger partial charge >= 0.3 is 0 Å². The molecule has 0 aromatic rings. The molecule has 0 aliphatic rings. The molecule has 0 spiro atoms. The molecule has 0 aliphatic heterocycles. The van der Waals surface area contributed by atoms with E-state index in [2.05, 4.69) is 105 Å². The van der Waals surface area contributed by atoms with Gasteiger partial charge in [-0.3, -0.25) is 0 Å². The first-order chi connectivity index (χ1) is 15.0. The Morgan fingerprint density at radius 2 is 1.03 bits per heavy atom. The largest absolute Gasteiger partial charge is 0.176 e. The van der Waals surface area contributed by atoms with Crippen LogP contribution < -0.4 is 0 Å². The van der Waals surface area contributed by atoms with E-state index in [0.717, 1.165) is 0 Å². The third kappa shape index (κ3) is 22.8. The van der Waals surface area contributed by atoms with E-state index >= 15 is 0 Å². The van der Waals surface area contributed by atoms with Gasteiger partial charge in [0.05, 0.1) is 14.2 Å². The van der Waals surface area contributed by atoms with E-state index in [-0.39, 0.29) is 0 Å². The topological polar surface area (TPSA) is 0 Å². The molecule has 0 aromatic carbocycles. The summed E-state index contributed by atoms with van der Waals surface area (Å²) in [4.78, 5) is 0.